The first-order valence-electron chi connectivity index (χ1n) is 5.85. The third-order valence-corrected chi connectivity index (χ3v) is 2.75. The minimum absolute atomic E-state index is 0.0553. The van der Waals surface area contributed by atoms with Gasteiger partial charge in [-0.05, 0) is 12.5 Å². The molecule has 0 spiro atoms. The summed E-state index contributed by atoms with van der Waals surface area (Å²) in [6.07, 6.45) is 0.358. The van der Waals surface area contributed by atoms with Gasteiger partial charge in [0.2, 0.25) is 0 Å². The second-order valence-corrected chi connectivity index (χ2v) is 4.25. The molecule has 0 aliphatic carbocycles. The number of carbonyl (C=O) groups excluding carboxylic acids is 1. The van der Waals surface area contributed by atoms with E-state index >= 15 is 0 Å². The molecule has 1 amide bonds. The topological polar surface area (TPSA) is 119 Å². The van der Waals surface area contributed by atoms with Gasteiger partial charge in [0.15, 0.2) is 5.54 Å². The number of non-ortho nitro benzene ring substituents is 1. The van der Waals surface area contributed by atoms with Crippen molar-refractivity contribution in [3.05, 3.63) is 52.6 Å². The standard InChI is InChI=1S/C13H14N2O6/c1-3-7-21-12(18)14-13(2,11(16)17)9-5-4-6-10(8-9)15(19)20/h3-6,8H,1,7H2,2H3,(H,14,18)(H,16,17). The maximum atomic E-state index is 11.5. The maximum absolute atomic E-state index is 11.5. The second kappa shape index (κ2) is 6.51. The second-order valence-electron chi connectivity index (χ2n) is 4.25. The fraction of sp³-hybridized carbons (Fsp3) is 0.231. The Morgan fingerprint density at radius 2 is 2.24 bits per heavy atom. The van der Waals surface area contributed by atoms with Crippen molar-refractivity contribution < 1.29 is 24.4 Å². The summed E-state index contributed by atoms with van der Waals surface area (Å²) in [7, 11) is 0. The molecule has 0 aliphatic heterocycles. The first-order valence-corrected chi connectivity index (χ1v) is 5.85. The van der Waals surface area contributed by atoms with Gasteiger partial charge in [0.05, 0.1) is 4.92 Å². The lowest BCUT2D eigenvalue weighted by Gasteiger charge is -2.26. The highest BCUT2D eigenvalue weighted by atomic mass is 16.6. The fourth-order valence-corrected chi connectivity index (χ4v) is 1.55. The van der Waals surface area contributed by atoms with E-state index in [0.717, 1.165) is 6.07 Å². The van der Waals surface area contributed by atoms with Crippen molar-refractivity contribution in [2.24, 2.45) is 0 Å². The lowest BCUT2D eigenvalue weighted by Crippen LogP contribution is -2.49. The molecular formula is C13H14N2O6. The summed E-state index contributed by atoms with van der Waals surface area (Å²) < 4.78 is 4.67. The van der Waals surface area contributed by atoms with Gasteiger partial charge < -0.3 is 15.2 Å². The Kier molecular flexibility index (Phi) is 5.01. The molecule has 0 aliphatic rings. The smallest absolute Gasteiger partial charge is 0.408 e. The largest absolute Gasteiger partial charge is 0.479 e. The number of nitro benzene ring substituents is 1. The van der Waals surface area contributed by atoms with Crippen molar-refractivity contribution in [2.45, 2.75) is 12.5 Å². The van der Waals surface area contributed by atoms with E-state index in [1.807, 2.05) is 0 Å². The molecule has 0 saturated heterocycles. The molecule has 0 fully saturated rings. The van der Waals surface area contributed by atoms with Crippen molar-refractivity contribution in [3.8, 4) is 0 Å². The number of nitro groups is 1. The number of hydrogen-bond acceptors (Lipinski definition) is 5. The van der Waals surface area contributed by atoms with Gasteiger partial charge in [-0.3, -0.25) is 10.1 Å². The number of carboxylic acid groups (broad SMARTS) is 1. The Labute approximate surface area is 120 Å². The van der Waals surface area contributed by atoms with E-state index in [1.54, 1.807) is 0 Å². The average molecular weight is 294 g/mol. The molecule has 0 saturated carbocycles. The van der Waals surface area contributed by atoms with Crippen LogP contribution in [0.4, 0.5) is 10.5 Å². The van der Waals surface area contributed by atoms with E-state index in [2.05, 4.69) is 16.6 Å². The minimum atomic E-state index is -1.86. The SMILES string of the molecule is C=CCOC(=O)NC(C)(C(=O)O)c1cccc([N+](=O)[O-])c1. The highest BCUT2D eigenvalue weighted by molar-refractivity contribution is 5.85. The number of alkyl carbamates (subject to hydrolysis) is 1. The summed E-state index contributed by atoms with van der Waals surface area (Å²) in [4.78, 5) is 33.1. The Balaban J connectivity index is 3.12. The van der Waals surface area contributed by atoms with Gasteiger partial charge in [0.25, 0.3) is 5.69 Å². The quantitative estimate of drug-likeness (QED) is 0.469. The van der Waals surface area contributed by atoms with Gasteiger partial charge in [-0.2, -0.15) is 0 Å². The van der Waals surface area contributed by atoms with Crippen LogP contribution in [0, 0.1) is 10.1 Å². The van der Waals surface area contributed by atoms with Crippen LogP contribution in [0.25, 0.3) is 0 Å². The van der Waals surface area contributed by atoms with Gasteiger partial charge >= 0.3 is 12.1 Å². The predicted octanol–water partition coefficient (Wildman–Crippen LogP) is 1.81. The molecule has 21 heavy (non-hydrogen) atoms. The third kappa shape index (κ3) is 3.78. The Morgan fingerprint density at radius 1 is 1.57 bits per heavy atom. The molecular weight excluding hydrogens is 280 g/mol. The molecule has 8 heteroatoms. The van der Waals surface area contributed by atoms with Crippen LogP contribution in [0.2, 0.25) is 0 Å². The fourth-order valence-electron chi connectivity index (χ4n) is 1.55. The van der Waals surface area contributed by atoms with Crippen molar-refractivity contribution in [3.63, 3.8) is 0 Å². The number of ether oxygens (including phenoxy) is 1. The van der Waals surface area contributed by atoms with Crippen LogP contribution >= 0.6 is 0 Å². The molecule has 0 bridgehead atoms. The molecule has 2 N–H and O–H groups in total. The van der Waals surface area contributed by atoms with Crippen molar-refractivity contribution >= 4 is 17.7 Å². The molecule has 0 heterocycles. The average Bonchev–Trinajstić information content (AvgIpc) is 2.44. The molecule has 1 aromatic rings. The number of carbonyl (C=O) groups is 2. The summed E-state index contributed by atoms with van der Waals surface area (Å²) in [5, 5.41) is 22.3. The minimum Gasteiger partial charge on any atom is -0.479 e. The zero-order valence-corrected chi connectivity index (χ0v) is 11.2. The molecule has 8 nitrogen and oxygen atoms in total. The molecule has 1 rings (SSSR count). The maximum Gasteiger partial charge on any atom is 0.408 e. The highest BCUT2D eigenvalue weighted by Crippen LogP contribution is 2.25. The van der Waals surface area contributed by atoms with Crippen molar-refractivity contribution in [1.29, 1.82) is 0 Å². The van der Waals surface area contributed by atoms with Gasteiger partial charge in [0, 0.05) is 12.1 Å². The van der Waals surface area contributed by atoms with E-state index in [-0.39, 0.29) is 17.9 Å². The van der Waals surface area contributed by atoms with Crippen molar-refractivity contribution in [2.75, 3.05) is 6.61 Å². The van der Waals surface area contributed by atoms with Gasteiger partial charge in [0.1, 0.15) is 6.61 Å². The Bertz CT molecular complexity index is 586. The lowest BCUT2D eigenvalue weighted by atomic mass is 9.92. The van der Waals surface area contributed by atoms with E-state index in [4.69, 9.17) is 0 Å². The monoisotopic (exact) mass is 294 g/mol. The van der Waals surface area contributed by atoms with Crippen LogP contribution in [0.5, 0.6) is 0 Å². The van der Waals surface area contributed by atoms with E-state index in [0.29, 0.717) is 0 Å². The normalized spacial score (nSPS) is 12.8. The number of amides is 1. The van der Waals surface area contributed by atoms with E-state index < -0.39 is 22.5 Å². The van der Waals surface area contributed by atoms with Gasteiger partial charge in [-0.15, -0.1) is 0 Å². The zero-order chi connectivity index (χ0) is 16.0. The number of nitrogens with one attached hydrogen (secondary N) is 1. The summed E-state index contributed by atoms with van der Waals surface area (Å²) in [6, 6.07) is 5.02. The molecule has 0 radical (unpaired) electrons. The third-order valence-electron chi connectivity index (χ3n) is 2.75. The van der Waals surface area contributed by atoms with Crippen LogP contribution in [-0.4, -0.2) is 28.7 Å². The van der Waals surface area contributed by atoms with Crippen LogP contribution in [0.3, 0.4) is 0 Å². The number of hydrogen-bond donors (Lipinski definition) is 2. The van der Waals surface area contributed by atoms with Crippen LogP contribution in [-0.2, 0) is 15.1 Å². The summed E-state index contributed by atoms with van der Waals surface area (Å²) in [5.41, 5.74) is -2.08. The van der Waals surface area contributed by atoms with Crippen molar-refractivity contribution in [1.82, 2.24) is 5.32 Å². The number of benzene rings is 1. The zero-order valence-electron chi connectivity index (χ0n) is 11.2. The first kappa shape index (κ1) is 16.2. The highest BCUT2D eigenvalue weighted by Gasteiger charge is 2.38. The molecule has 1 aromatic carbocycles. The van der Waals surface area contributed by atoms with Gasteiger partial charge in [-0.25, -0.2) is 9.59 Å². The van der Waals surface area contributed by atoms with E-state index in [1.165, 1.54) is 31.2 Å². The molecule has 1 atom stereocenters. The van der Waals surface area contributed by atoms with Gasteiger partial charge in [-0.1, -0.05) is 24.8 Å². The summed E-state index contributed by atoms with van der Waals surface area (Å²) in [5.74, 6) is -1.38. The number of aliphatic carboxylic acids is 1. The Hall–Kier alpha value is -2.90. The number of nitrogens with zero attached hydrogens (tertiary/aromatic N) is 1. The first-order chi connectivity index (χ1) is 9.81. The number of carboxylic acids is 1. The molecule has 0 aromatic heterocycles. The molecule has 1 unspecified atom stereocenters. The van der Waals surface area contributed by atoms with Crippen LogP contribution in [0.15, 0.2) is 36.9 Å². The lowest BCUT2D eigenvalue weighted by molar-refractivity contribution is -0.385. The van der Waals surface area contributed by atoms with E-state index in [9.17, 15) is 24.8 Å². The predicted molar refractivity (Wildman–Crippen MR) is 72.8 cm³/mol. The Morgan fingerprint density at radius 3 is 2.76 bits per heavy atom. The van der Waals surface area contributed by atoms with Crippen LogP contribution < -0.4 is 5.32 Å². The molecule has 112 valence electrons. The summed E-state index contributed by atoms with van der Waals surface area (Å²) in [6.45, 7) is 4.48. The summed E-state index contributed by atoms with van der Waals surface area (Å²) >= 11 is 0. The number of rotatable bonds is 6. The van der Waals surface area contributed by atoms with Crippen LogP contribution in [0.1, 0.15) is 12.5 Å².